The van der Waals surface area contributed by atoms with Gasteiger partial charge in [-0.1, -0.05) is 72.2 Å². The average molecular weight is 1780 g/mol. The van der Waals surface area contributed by atoms with Gasteiger partial charge in [0, 0.05) is 31.6 Å². The Morgan fingerprint density at radius 3 is 1.35 bits per heavy atom. The number of fused-ring (bicyclic) bond motifs is 4. The first kappa shape index (κ1) is 101. The molecule has 1 aromatic heterocycles. The topological polar surface area (TPSA) is 740 Å². The summed E-state index contributed by atoms with van der Waals surface area (Å²) in [6.45, 7) is 7.22. The molecular weight excluding hydrogens is 1670 g/mol. The van der Waals surface area contributed by atoms with E-state index in [9.17, 15) is 122 Å². The second-order valence-electron chi connectivity index (χ2n) is 30.0. The molecule has 124 heavy (non-hydrogen) atoms. The van der Waals surface area contributed by atoms with Gasteiger partial charge in [-0.05, 0) is 109 Å². The van der Waals surface area contributed by atoms with Crippen LogP contribution in [0.2, 0.25) is 0 Å². The summed E-state index contributed by atoms with van der Waals surface area (Å²) >= 11 is 2.16. The molecule has 47 heteroatoms. The fraction of sp³-hybridized carbons (Fsp3) is 0.519. The summed E-state index contributed by atoms with van der Waals surface area (Å²) in [5.41, 5.74) is 17.8. The Balaban J connectivity index is 1.57. The maximum atomic E-state index is 14.8. The molecule has 0 saturated heterocycles. The van der Waals surface area contributed by atoms with Gasteiger partial charge in [0.2, 0.25) is 88.6 Å². The number of aromatic hydroxyl groups is 2. The second-order valence-corrected chi connectivity index (χ2v) is 31.9. The Bertz CT molecular complexity index is 4420. The first-order valence-corrected chi connectivity index (χ1v) is 41.3. The molecule has 0 saturated carbocycles. The van der Waals surface area contributed by atoms with Crippen molar-refractivity contribution in [2.24, 2.45) is 39.9 Å². The summed E-state index contributed by atoms with van der Waals surface area (Å²) < 4.78 is 0. The van der Waals surface area contributed by atoms with Gasteiger partial charge in [-0.2, -0.15) is 0 Å². The highest BCUT2D eigenvalue weighted by Gasteiger charge is 2.40. The lowest BCUT2D eigenvalue weighted by Crippen LogP contribution is -2.61. The average Bonchev–Trinajstić information content (AvgIpc) is 1.68. The molecule has 3 heterocycles. The number of benzene rings is 2. The highest BCUT2D eigenvalue weighted by Crippen LogP contribution is 2.29. The molecule has 5 rings (SSSR count). The number of rotatable bonds is 25. The summed E-state index contributed by atoms with van der Waals surface area (Å²) in [6, 6.07) is -10.7. The lowest BCUT2D eigenvalue weighted by atomic mass is 9.96. The predicted molar refractivity (Wildman–Crippen MR) is 443 cm³/mol. The molecule has 3 aromatic rings. The van der Waals surface area contributed by atoms with Crippen LogP contribution in [0.25, 0.3) is 0 Å². The molecule has 678 valence electrons. The van der Waals surface area contributed by atoms with E-state index in [1.54, 1.807) is 25.3 Å². The van der Waals surface area contributed by atoms with Crippen molar-refractivity contribution in [2.75, 3.05) is 31.9 Å². The third-order valence-electron chi connectivity index (χ3n) is 19.4. The predicted octanol–water partition coefficient (Wildman–Crippen LogP) is -5.75. The number of guanidine groups is 1. The van der Waals surface area contributed by atoms with E-state index in [1.807, 2.05) is 0 Å². The van der Waals surface area contributed by atoms with Crippen LogP contribution in [0, 0.1) is 23.2 Å². The van der Waals surface area contributed by atoms with Crippen LogP contribution in [0.3, 0.4) is 0 Å². The monoisotopic (exact) mass is 1780 g/mol. The number of nitrogens with zero attached hydrogens (tertiary/aromatic N) is 1. The van der Waals surface area contributed by atoms with Crippen LogP contribution in [-0.4, -0.2) is 265 Å². The first-order valence-electron chi connectivity index (χ1n) is 39.4. The van der Waals surface area contributed by atoms with E-state index in [1.165, 1.54) is 76.2 Å². The first-order chi connectivity index (χ1) is 58.4. The fourth-order valence-electron chi connectivity index (χ4n) is 12.4. The van der Waals surface area contributed by atoms with Gasteiger partial charge in [0.1, 0.15) is 95.1 Å². The SMILES string of the molecule is CC[C@H](C)[C@@H]1NC(=O)[C@H](CC(=O)O)NC(=O)[C@@H]2CSC(=N2)c2cc(cs2)CC(C(N)=O)NC(=O)[C@H](CCCNC(=N)N)NC(=O)[C@H](CC(=O)O)NC(=O)CNC(=O)[C@H](CC(=O)O)NC(=O)[C@H](CCCCN)NC(=O)[C@H](Cc2ccc(O)cc2)NC(=O)[C@H](CC(=O)O)NC(=O)[C@H](Cc2ccc(O)cc2)NC(=O)[C@H](C(C)C)NC(=O)CNC(=O)[C@H](C(C)C)NC1=O. The van der Waals surface area contributed by atoms with Gasteiger partial charge in [-0.25, -0.2) is 0 Å². The van der Waals surface area contributed by atoms with E-state index in [2.05, 4.69) is 84.7 Å². The van der Waals surface area contributed by atoms with Crippen molar-refractivity contribution in [2.45, 2.75) is 204 Å². The van der Waals surface area contributed by atoms with Crippen molar-refractivity contribution in [1.29, 1.82) is 5.41 Å². The molecule has 2 aliphatic heterocycles. The number of carbonyl (C=O) groups is 19. The van der Waals surface area contributed by atoms with Gasteiger partial charge in [0.25, 0.3) is 0 Å². The molecule has 0 radical (unpaired) electrons. The number of carboxylic acid groups (broad SMARTS) is 4. The van der Waals surface area contributed by atoms with Gasteiger partial charge in [0.15, 0.2) is 5.96 Å². The van der Waals surface area contributed by atoms with Crippen LogP contribution >= 0.6 is 23.1 Å². The number of aliphatic carboxylic acids is 4. The summed E-state index contributed by atoms with van der Waals surface area (Å²) in [6.07, 6.45) is -6.14. The quantitative estimate of drug-likeness (QED) is 0.0213. The Morgan fingerprint density at radius 2 is 0.879 bits per heavy atom. The van der Waals surface area contributed by atoms with Gasteiger partial charge in [-0.15, -0.1) is 23.1 Å². The number of primary amides is 1. The summed E-state index contributed by atoms with van der Waals surface area (Å²) in [4.78, 5) is 267. The lowest BCUT2D eigenvalue weighted by Gasteiger charge is -2.29. The number of carbonyl (C=O) groups excluding carboxylic acids is 15. The number of hydrogen-bond donors (Lipinski definition) is 25. The number of phenols is 2. The number of nitrogens with two attached hydrogens (primary N) is 3. The number of aliphatic imine (C=N–C) groups is 1. The van der Waals surface area contributed by atoms with E-state index in [4.69, 9.17) is 22.6 Å². The minimum Gasteiger partial charge on any atom is -0.508 e. The summed E-state index contributed by atoms with van der Waals surface area (Å²) in [5, 5.41) is 106. The van der Waals surface area contributed by atoms with Crippen LogP contribution < -0.4 is 97.0 Å². The summed E-state index contributed by atoms with van der Waals surface area (Å²) in [5.74, 6) is -27.2. The molecule has 15 amide bonds. The van der Waals surface area contributed by atoms with Crippen LogP contribution in [0.1, 0.15) is 127 Å². The normalized spacial score (nSPS) is 23.9. The number of amides is 15. The Hall–Kier alpha value is -13.1. The maximum Gasteiger partial charge on any atom is 0.305 e. The Kier molecular flexibility index (Phi) is 40.7. The summed E-state index contributed by atoms with van der Waals surface area (Å²) in [7, 11) is 0. The maximum absolute atomic E-state index is 14.8. The van der Waals surface area contributed by atoms with Crippen molar-refractivity contribution < 1.29 is 122 Å². The van der Waals surface area contributed by atoms with E-state index in [0.717, 1.165) is 23.1 Å². The van der Waals surface area contributed by atoms with E-state index >= 15 is 0 Å². The fourth-order valence-corrected chi connectivity index (χ4v) is 14.5. The number of phenolic OH excluding ortho intramolecular Hbond substituents is 2. The molecule has 0 fully saturated rings. The van der Waals surface area contributed by atoms with Crippen molar-refractivity contribution in [1.82, 2.24) is 79.8 Å². The molecule has 28 N–H and O–H groups in total. The molecular formula is C77H108N20O25S2. The van der Waals surface area contributed by atoms with Crippen LogP contribution in [0.15, 0.2) is 65.0 Å². The van der Waals surface area contributed by atoms with E-state index in [-0.39, 0.29) is 91.5 Å². The highest BCUT2D eigenvalue weighted by molar-refractivity contribution is 8.15. The number of carboxylic acids is 4. The minimum absolute atomic E-state index is 0.0279. The molecule has 1 unspecified atom stereocenters. The molecule has 45 nitrogen and oxygen atoms in total. The molecule has 0 aliphatic carbocycles. The molecule has 0 spiro atoms. The molecule has 4 bridgehead atoms. The molecule has 2 aliphatic rings. The third kappa shape index (κ3) is 34.1. The largest absolute Gasteiger partial charge is 0.508 e. The number of thiophene rings is 1. The van der Waals surface area contributed by atoms with Crippen molar-refractivity contribution >= 4 is 147 Å². The molecule has 14 atom stereocenters. The number of thioether (sulfide) groups is 1. The van der Waals surface area contributed by atoms with E-state index < -0.39 is 266 Å². The van der Waals surface area contributed by atoms with Gasteiger partial charge < -0.3 is 128 Å². The van der Waals surface area contributed by atoms with E-state index in [0.29, 0.717) is 10.4 Å². The Labute approximate surface area is 718 Å². The third-order valence-corrected chi connectivity index (χ3v) is 21.5. The standard InChI is InChI=1S/C77H108N20O25S2/c1-7-37(6)62-75(122)96-60(35(2)3)73(120)84-32-55(101)95-61(36(4)5)74(121)93-47(24-39-15-19-42(99)20-16-39)68(115)91-50(29-58(106)107)70(117)89-46(23-38-13-17-41(98)18-14-38)67(114)86-43(11-8-9-21-78)66(113)90-48(27-56(102)103)64(111)83-31-54(100)85-49(28-57(104)105)69(116)87-44(12-10-22-82-77(80)81)65(112)88-45(63(79)110)25-40-26-53(123-33-40)76-94-52(34-124-76)72(119)92-51(30-59(108)109)71(118)97-62/h13-20,26,33,35-37,43-52,60-62,98-99H,7-12,21-25,27-32,34,78H2,1-6H3,(H2,79,110)(H,83,111)(H,84,120)(H,85,100)(H,86,114)(H,87,116)(H,88,112)(H,89,117)(H,90,113)(H,91,115)(H,92,119)(H,93,121)(H,95,101)(H,96,122)(H,97,118)(H,102,103)(H,104,105)(H,106,107)(H,108,109)(H4,80,81,82)/t37-,43-,44-,45?,46-,47-,48-,49-,50-,51-,52-,60-,61-,62-/m0/s1. The smallest absolute Gasteiger partial charge is 0.305 e. The number of hydrogen-bond acceptors (Lipinski definition) is 26. The van der Waals surface area contributed by atoms with Crippen LogP contribution in [0.4, 0.5) is 0 Å². The molecule has 2 aromatic carbocycles. The van der Waals surface area contributed by atoms with Crippen molar-refractivity contribution in [3.63, 3.8) is 0 Å². The van der Waals surface area contributed by atoms with Crippen LogP contribution in [0.5, 0.6) is 11.5 Å². The van der Waals surface area contributed by atoms with Gasteiger partial charge >= 0.3 is 23.9 Å². The minimum atomic E-state index is -2.13. The zero-order valence-electron chi connectivity index (χ0n) is 68.7. The van der Waals surface area contributed by atoms with Gasteiger partial charge in [0.05, 0.1) is 43.6 Å². The van der Waals surface area contributed by atoms with Gasteiger partial charge in [-0.3, -0.25) is 101 Å². The van der Waals surface area contributed by atoms with Crippen molar-refractivity contribution in [3.8, 4) is 11.5 Å². The zero-order chi connectivity index (χ0) is 92.4. The highest BCUT2D eigenvalue weighted by atomic mass is 32.2. The lowest BCUT2D eigenvalue weighted by molar-refractivity contribution is -0.142. The second kappa shape index (κ2) is 49.7. The number of unbranched alkanes of at least 4 members (excludes halogenated alkanes) is 1. The number of nitrogens with one attached hydrogen (secondary N) is 16. The van der Waals surface area contributed by atoms with Crippen molar-refractivity contribution in [3.05, 3.63) is 81.5 Å². The zero-order valence-corrected chi connectivity index (χ0v) is 70.3. The Morgan fingerprint density at radius 1 is 0.484 bits per heavy atom. The van der Waals surface area contributed by atoms with Crippen LogP contribution in [-0.2, 0) is 110 Å².